The second-order valence-corrected chi connectivity index (χ2v) is 6.50. The highest BCUT2D eigenvalue weighted by Gasteiger charge is 2.33. The maximum absolute atomic E-state index is 5.79. The molecule has 2 aliphatic rings. The molecule has 1 aliphatic carbocycles. The lowest BCUT2D eigenvalue weighted by Crippen LogP contribution is -2.50. The van der Waals surface area contributed by atoms with E-state index in [1.54, 1.807) is 0 Å². The summed E-state index contributed by atoms with van der Waals surface area (Å²) in [6.45, 7) is 12.5. The van der Waals surface area contributed by atoms with Crippen molar-refractivity contribution >= 4 is 0 Å². The fraction of sp³-hybridized carbons (Fsp3) is 1.00. The summed E-state index contributed by atoms with van der Waals surface area (Å²) in [5.41, 5.74) is 0.457. The molecule has 1 atom stereocenters. The van der Waals surface area contributed by atoms with E-state index in [1.807, 2.05) is 0 Å². The second kappa shape index (κ2) is 7.05. The van der Waals surface area contributed by atoms with Crippen LogP contribution in [0.15, 0.2) is 0 Å². The summed E-state index contributed by atoms with van der Waals surface area (Å²) in [4.78, 5) is 2.64. The van der Waals surface area contributed by atoms with Gasteiger partial charge in [-0.25, -0.2) is 0 Å². The predicted octanol–water partition coefficient (Wildman–Crippen LogP) is 2.66. The highest BCUT2D eigenvalue weighted by Crippen LogP contribution is 2.30. The van der Waals surface area contributed by atoms with Crippen molar-refractivity contribution in [1.29, 1.82) is 0 Å². The Morgan fingerprint density at radius 1 is 1.21 bits per heavy atom. The topological polar surface area (TPSA) is 24.5 Å². The molecule has 19 heavy (non-hydrogen) atoms. The van der Waals surface area contributed by atoms with E-state index in [1.165, 1.54) is 38.8 Å². The Morgan fingerprint density at radius 2 is 1.95 bits per heavy atom. The average Bonchev–Trinajstić information content (AvgIpc) is 3.28. The Balaban J connectivity index is 1.86. The Labute approximate surface area is 119 Å². The molecular formula is C16H32N2O. The van der Waals surface area contributed by atoms with E-state index >= 15 is 0 Å². The van der Waals surface area contributed by atoms with Crippen LogP contribution in [0.3, 0.4) is 0 Å². The molecule has 0 aromatic rings. The van der Waals surface area contributed by atoms with Crippen LogP contribution in [-0.4, -0.2) is 49.8 Å². The summed E-state index contributed by atoms with van der Waals surface area (Å²) in [5, 5.41) is 3.76. The number of hydrogen-bond donors (Lipinski definition) is 1. The second-order valence-electron chi connectivity index (χ2n) is 6.50. The first-order valence-corrected chi connectivity index (χ1v) is 8.28. The molecule has 0 radical (unpaired) electrons. The molecule has 0 aromatic heterocycles. The Hall–Kier alpha value is -0.120. The van der Waals surface area contributed by atoms with Gasteiger partial charge in [-0.3, -0.25) is 4.90 Å². The maximum Gasteiger partial charge on any atom is 0.0700 e. The van der Waals surface area contributed by atoms with Crippen molar-refractivity contribution in [3.05, 3.63) is 0 Å². The normalized spacial score (nSPS) is 25.7. The number of ether oxygens (including phenoxy) is 1. The number of nitrogens with one attached hydrogen (secondary N) is 1. The fourth-order valence-corrected chi connectivity index (χ4v) is 3.07. The van der Waals surface area contributed by atoms with E-state index in [-0.39, 0.29) is 0 Å². The van der Waals surface area contributed by atoms with Gasteiger partial charge in [-0.2, -0.15) is 0 Å². The van der Waals surface area contributed by atoms with E-state index < -0.39 is 0 Å². The van der Waals surface area contributed by atoms with E-state index in [4.69, 9.17) is 4.74 Å². The molecule has 112 valence electrons. The minimum Gasteiger partial charge on any atom is -0.376 e. The van der Waals surface area contributed by atoms with Gasteiger partial charge in [0, 0.05) is 32.2 Å². The van der Waals surface area contributed by atoms with Crippen LogP contribution in [0, 0.1) is 5.41 Å². The third-order valence-corrected chi connectivity index (χ3v) is 5.08. The molecular weight excluding hydrogens is 236 g/mol. The molecule has 0 aromatic carbocycles. The van der Waals surface area contributed by atoms with Gasteiger partial charge in [-0.05, 0) is 37.5 Å². The molecule has 2 rings (SSSR count). The molecule has 1 N–H and O–H groups in total. The van der Waals surface area contributed by atoms with E-state index in [0.29, 0.717) is 11.5 Å². The maximum atomic E-state index is 5.79. The molecule has 3 heteroatoms. The zero-order valence-corrected chi connectivity index (χ0v) is 13.1. The Bertz CT molecular complexity index is 261. The van der Waals surface area contributed by atoms with Gasteiger partial charge in [-0.15, -0.1) is 0 Å². The van der Waals surface area contributed by atoms with Crippen LogP contribution in [0.5, 0.6) is 0 Å². The third-order valence-electron chi connectivity index (χ3n) is 5.08. The van der Waals surface area contributed by atoms with Crippen LogP contribution in [0.1, 0.15) is 52.9 Å². The van der Waals surface area contributed by atoms with Crippen LogP contribution in [0.4, 0.5) is 0 Å². The molecule has 1 unspecified atom stereocenters. The smallest absolute Gasteiger partial charge is 0.0700 e. The van der Waals surface area contributed by atoms with Crippen LogP contribution in [0.25, 0.3) is 0 Å². The molecule has 1 aliphatic heterocycles. The first kappa shape index (κ1) is 15.3. The quantitative estimate of drug-likeness (QED) is 0.732. The van der Waals surface area contributed by atoms with Crippen molar-refractivity contribution in [3.8, 4) is 0 Å². The lowest BCUT2D eigenvalue weighted by molar-refractivity contribution is -0.0434. The molecule has 1 saturated carbocycles. The van der Waals surface area contributed by atoms with E-state index in [0.717, 1.165) is 32.2 Å². The fourth-order valence-electron chi connectivity index (χ4n) is 3.07. The van der Waals surface area contributed by atoms with Crippen LogP contribution in [0.2, 0.25) is 0 Å². The SMILES string of the molecule is CCC1CN(CC(CC)(CC)CNC2CC2)CCO1. The molecule has 2 fully saturated rings. The van der Waals surface area contributed by atoms with Gasteiger partial charge in [0.1, 0.15) is 0 Å². The summed E-state index contributed by atoms with van der Waals surface area (Å²) in [6.07, 6.45) is 6.92. The summed E-state index contributed by atoms with van der Waals surface area (Å²) in [5.74, 6) is 0. The van der Waals surface area contributed by atoms with Crippen molar-refractivity contribution in [2.24, 2.45) is 5.41 Å². The number of rotatable bonds is 8. The highest BCUT2D eigenvalue weighted by molar-refractivity contribution is 4.89. The van der Waals surface area contributed by atoms with Crippen LogP contribution >= 0.6 is 0 Å². The van der Waals surface area contributed by atoms with Crippen molar-refractivity contribution < 1.29 is 4.74 Å². The highest BCUT2D eigenvalue weighted by atomic mass is 16.5. The van der Waals surface area contributed by atoms with Gasteiger partial charge >= 0.3 is 0 Å². The number of hydrogen-bond acceptors (Lipinski definition) is 3. The Morgan fingerprint density at radius 3 is 2.53 bits per heavy atom. The van der Waals surface area contributed by atoms with Crippen molar-refractivity contribution in [2.45, 2.75) is 65.0 Å². The molecule has 3 nitrogen and oxygen atoms in total. The van der Waals surface area contributed by atoms with Crippen molar-refractivity contribution in [2.75, 3.05) is 32.8 Å². The molecule has 0 bridgehead atoms. The van der Waals surface area contributed by atoms with Crippen LogP contribution < -0.4 is 5.32 Å². The lowest BCUT2D eigenvalue weighted by atomic mass is 9.81. The minimum atomic E-state index is 0.455. The van der Waals surface area contributed by atoms with E-state index in [9.17, 15) is 0 Å². The van der Waals surface area contributed by atoms with Gasteiger partial charge in [0.25, 0.3) is 0 Å². The van der Waals surface area contributed by atoms with Gasteiger partial charge in [-0.1, -0.05) is 20.8 Å². The van der Waals surface area contributed by atoms with E-state index in [2.05, 4.69) is 31.0 Å². The monoisotopic (exact) mass is 268 g/mol. The zero-order chi connectivity index (χ0) is 13.7. The molecule has 1 heterocycles. The molecule has 0 spiro atoms. The zero-order valence-electron chi connectivity index (χ0n) is 13.1. The molecule has 0 amide bonds. The van der Waals surface area contributed by atoms with Crippen LogP contribution in [-0.2, 0) is 4.74 Å². The summed E-state index contributed by atoms with van der Waals surface area (Å²) in [7, 11) is 0. The van der Waals surface area contributed by atoms with Gasteiger partial charge in [0.2, 0.25) is 0 Å². The summed E-state index contributed by atoms with van der Waals surface area (Å²) >= 11 is 0. The molecule has 1 saturated heterocycles. The van der Waals surface area contributed by atoms with Gasteiger partial charge in [0.05, 0.1) is 12.7 Å². The summed E-state index contributed by atoms with van der Waals surface area (Å²) in [6, 6.07) is 0.825. The Kier molecular flexibility index (Phi) is 5.67. The van der Waals surface area contributed by atoms with Crippen molar-refractivity contribution in [1.82, 2.24) is 10.2 Å². The lowest BCUT2D eigenvalue weighted by Gasteiger charge is -2.41. The predicted molar refractivity (Wildman–Crippen MR) is 80.5 cm³/mol. The van der Waals surface area contributed by atoms with Crippen molar-refractivity contribution in [3.63, 3.8) is 0 Å². The van der Waals surface area contributed by atoms with Gasteiger partial charge < -0.3 is 10.1 Å². The summed E-state index contributed by atoms with van der Waals surface area (Å²) < 4.78 is 5.79. The average molecular weight is 268 g/mol. The largest absolute Gasteiger partial charge is 0.376 e. The number of nitrogens with zero attached hydrogens (tertiary/aromatic N) is 1. The first-order valence-electron chi connectivity index (χ1n) is 8.28. The van der Waals surface area contributed by atoms with Gasteiger partial charge in [0.15, 0.2) is 0 Å². The first-order chi connectivity index (χ1) is 9.21. The number of morpholine rings is 1. The standard InChI is InChI=1S/C16H32N2O/c1-4-15-11-18(9-10-19-15)13-16(5-2,6-3)12-17-14-7-8-14/h14-15,17H,4-13H2,1-3H3. The third kappa shape index (κ3) is 4.44. The minimum absolute atomic E-state index is 0.455.